The first kappa shape index (κ1) is 19.4. The minimum Gasteiger partial charge on any atom is -0.379 e. The highest BCUT2D eigenvalue weighted by Gasteiger charge is 2.43. The molecule has 146 valence electrons. The molecule has 0 aromatic carbocycles. The van der Waals surface area contributed by atoms with E-state index in [-0.39, 0.29) is 5.91 Å². The van der Waals surface area contributed by atoms with Crippen LogP contribution in [0.5, 0.6) is 0 Å². The molecule has 1 saturated carbocycles. The number of carbonyl (C=O) groups excluding carboxylic acids is 1. The van der Waals surface area contributed by atoms with Crippen molar-refractivity contribution in [1.29, 1.82) is 0 Å². The van der Waals surface area contributed by atoms with Crippen LogP contribution in [0.25, 0.3) is 0 Å². The van der Waals surface area contributed by atoms with Crippen molar-refractivity contribution >= 4 is 5.91 Å². The Labute approximate surface area is 156 Å². The van der Waals surface area contributed by atoms with Crippen LogP contribution in [0.15, 0.2) is 0 Å². The van der Waals surface area contributed by atoms with Gasteiger partial charge in [-0.25, -0.2) is 0 Å². The highest BCUT2D eigenvalue weighted by atomic mass is 16.3. The van der Waals surface area contributed by atoms with Gasteiger partial charge in [-0.15, -0.1) is 0 Å². The smallest absolute Gasteiger partial charge is 0.255 e. The Balaban J connectivity index is 1.61. The first-order valence-electron chi connectivity index (χ1n) is 10.1. The number of aryl methyl sites for hydroxylation is 2. The third-order valence-electron chi connectivity index (χ3n) is 6.15. The fourth-order valence-corrected chi connectivity index (χ4v) is 4.65. The molecule has 2 heterocycles. The van der Waals surface area contributed by atoms with Crippen molar-refractivity contribution < 1.29 is 9.90 Å². The van der Waals surface area contributed by atoms with Crippen molar-refractivity contribution in [3.05, 3.63) is 17.0 Å². The van der Waals surface area contributed by atoms with E-state index in [1.54, 1.807) is 0 Å². The molecule has 1 aromatic heterocycles. The van der Waals surface area contributed by atoms with Crippen LogP contribution in [0.1, 0.15) is 61.9 Å². The molecule has 0 radical (unpaired) electrons. The molecule has 1 aliphatic heterocycles. The Hall–Kier alpha value is -1.40. The van der Waals surface area contributed by atoms with Gasteiger partial charge in [0, 0.05) is 37.4 Å². The first-order valence-corrected chi connectivity index (χ1v) is 10.1. The lowest BCUT2D eigenvalue weighted by atomic mass is 9.86. The minimum absolute atomic E-state index is 0.0678. The second-order valence-electron chi connectivity index (χ2n) is 8.48. The fourth-order valence-electron chi connectivity index (χ4n) is 4.65. The number of aliphatic hydroxyl groups is 1. The predicted octanol–water partition coefficient (Wildman–Crippen LogP) is 2.39. The van der Waals surface area contributed by atoms with Gasteiger partial charge in [0.25, 0.3) is 5.91 Å². The number of likely N-dealkylation sites (N-methyl/N-ethyl adjacent to an activating group) is 1. The van der Waals surface area contributed by atoms with Crippen molar-refractivity contribution in [1.82, 2.24) is 20.0 Å². The van der Waals surface area contributed by atoms with Gasteiger partial charge in [-0.3, -0.25) is 14.8 Å². The summed E-state index contributed by atoms with van der Waals surface area (Å²) in [6, 6.07) is 0. The second-order valence-corrected chi connectivity index (χ2v) is 8.48. The van der Waals surface area contributed by atoms with Gasteiger partial charge in [0.05, 0.1) is 5.69 Å². The van der Waals surface area contributed by atoms with Gasteiger partial charge in [-0.05, 0) is 52.5 Å². The first-order chi connectivity index (χ1) is 12.4. The van der Waals surface area contributed by atoms with Gasteiger partial charge >= 0.3 is 0 Å². The van der Waals surface area contributed by atoms with Gasteiger partial charge in [0.1, 0.15) is 0 Å². The molecule has 0 bridgehead atoms. The van der Waals surface area contributed by atoms with Gasteiger partial charge in [0.2, 0.25) is 0 Å². The standard InChI is InChI=1S/C20H34N4O2/c1-15-18(16(2)22-21-15)13-23(3)14-20(26)10-7-11-24(19(20)25)12-17-8-5-4-6-9-17/h17,26H,4-14H2,1-3H3,(H,21,22)/t20-/m0/s1. The van der Waals surface area contributed by atoms with E-state index in [2.05, 4.69) is 10.2 Å². The number of aromatic amines is 1. The molecule has 6 nitrogen and oxygen atoms in total. The summed E-state index contributed by atoms with van der Waals surface area (Å²) in [6.07, 6.45) is 7.77. The average molecular weight is 363 g/mol. The van der Waals surface area contributed by atoms with E-state index in [1.807, 2.05) is 30.7 Å². The zero-order valence-corrected chi connectivity index (χ0v) is 16.6. The molecule has 6 heteroatoms. The summed E-state index contributed by atoms with van der Waals surface area (Å²) in [6.45, 7) is 6.67. The van der Waals surface area contributed by atoms with Crippen LogP contribution in [-0.4, -0.2) is 63.3 Å². The van der Waals surface area contributed by atoms with Crippen LogP contribution in [-0.2, 0) is 11.3 Å². The number of nitrogens with one attached hydrogen (secondary N) is 1. The lowest BCUT2D eigenvalue weighted by Crippen LogP contribution is -2.58. The Morgan fingerprint density at radius 3 is 2.65 bits per heavy atom. The maximum Gasteiger partial charge on any atom is 0.255 e. The molecule has 2 aliphatic rings. The third kappa shape index (κ3) is 4.29. The summed E-state index contributed by atoms with van der Waals surface area (Å²) >= 11 is 0. The highest BCUT2D eigenvalue weighted by Crippen LogP contribution is 2.29. The Kier molecular flexibility index (Phi) is 6.03. The van der Waals surface area contributed by atoms with Crippen LogP contribution < -0.4 is 0 Å². The van der Waals surface area contributed by atoms with Crippen molar-refractivity contribution in [2.75, 3.05) is 26.7 Å². The minimum atomic E-state index is -1.26. The normalized spacial score (nSPS) is 25.3. The zero-order chi connectivity index (χ0) is 18.7. The topological polar surface area (TPSA) is 72.5 Å². The van der Waals surface area contributed by atoms with Gasteiger partial charge in [-0.2, -0.15) is 5.10 Å². The molecule has 2 N–H and O–H groups in total. The maximum absolute atomic E-state index is 13.0. The average Bonchev–Trinajstić information content (AvgIpc) is 2.92. The Morgan fingerprint density at radius 2 is 2.00 bits per heavy atom. The number of piperidine rings is 1. The molecule has 1 atom stereocenters. The van der Waals surface area contributed by atoms with E-state index in [0.29, 0.717) is 25.4 Å². The lowest BCUT2D eigenvalue weighted by molar-refractivity contribution is -0.160. The number of aromatic nitrogens is 2. The van der Waals surface area contributed by atoms with E-state index in [4.69, 9.17) is 0 Å². The van der Waals surface area contributed by atoms with Crippen LogP contribution >= 0.6 is 0 Å². The second kappa shape index (κ2) is 8.09. The molecular formula is C20H34N4O2. The summed E-state index contributed by atoms with van der Waals surface area (Å²) in [5.41, 5.74) is 1.93. The van der Waals surface area contributed by atoms with Gasteiger partial charge in [-0.1, -0.05) is 19.3 Å². The van der Waals surface area contributed by atoms with Crippen molar-refractivity contribution in [2.24, 2.45) is 5.92 Å². The molecule has 1 saturated heterocycles. The molecule has 1 aromatic rings. The molecular weight excluding hydrogens is 328 g/mol. The van der Waals surface area contributed by atoms with Crippen LogP contribution in [0.2, 0.25) is 0 Å². The molecule has 1 amide bonds. The summed E-state index contributed by atoms with van der Waals surface area (Å²) < 4.78 is 0. The quantitative estimate of drug-likeness (QED) is 0.815. The highest BCUT2D eigenvalue weighted by molar-refractivity contribution is 5.86. The lowest BCUT2D eigenvalue weighted by Gasteiger charge is -2.41. The molecule has 2 fully saturated rings. The third-order valence-corrected chi connectivity index (χ3v) is 6.15. The fraction of sp³-hybridized carbons (Fsp3) is 0.800. The van der Waals surface area contributed by atoms with Crippen molar-refractivity contribution in [3.8, 4) is 0 Å². The van der Waals surface area contributed by atoms with Crippen LogP contribution in [0.3, 0.4) is 0 Å². The van der Waals surface area contributed by atoms with E-state index in [9.17, 15) is 9.90 Å². The number of nitrogens with zero attached hydrogens (tertiary/aromatic N) is 3. The van der Waals surface area contributed by atoms with Crippen LogP contribution in [0, 0.1) is 19.8 Å². The van der Waals surface area contributed by atoms with Gasteiger partial charge < -0.3 is 10.0 Å². The van der Waals surface area contributed by atoms with Crippen molar-refractivity contribution in [2.45, 2.75) is 70.9 Å². The largest absolute Gasteiger partial charge is 0.379 e. The molecule has 26 heavy (non-hydrogen) atoms. The van der Waals surface area contributed by atoms with Gasteiger partial charge in [0.15, 0.2) is 5.60 Å². The van der Waals surface area contributed by atoms with Crippen molar-refractivity contribution in [3.63, 3.8) is 0 Å². The molecule has 0 unspecified atom stereocenters. The van der Waals surface area contributed by atoms with E-state index >= 15 is 0 Å². The predicted molar refractivity (Wildman–Crippen MR) is 102 cm³/mol. The van der Waals surface area contributed by atoms with E-state index < -0.39 is 5.60 Å². The zero-order valence-electron chi connectivity index (χ0n) is 16.6. The number of H-pyrrole nitrogens is 1. The van der Waals surface area contributed by atoms with E-state index in [1.165, 1.54) is 32.1 Å². The SMILES string of the molecule is Cc1n[nH]c(C)c1CN(C)C[C@@]1(O)CCCN(CC2CCCCC2)C1=O. The monoisotopic (exact) mass is 362 g/mol. The number of hydrogen-bond acceptors (Lipinski definition) is 4. The molecule has 1 aliphatic carbocycles. The number of carbonyl (C=O) groups is 1. The molecule has 3 rings (SSSR count). The maximum atomic E-state index is 13.0. The summed E-state index contributed by atoms with van der Waals surface area (Å²) in [4.78, 5) is 17.0. The summed E-state index contributed by atoms with van der Waals surface area (Å²) in [7, 11) is 1.97. The summed E-state index contributed by atoms with van der Waals surface area (Å²) in [5.74, 6) is 0.547. The number of rotatable bonds is 6. The van der Waals surface area contributed by atoms with E-state index in [0.717, 1.165) is 36.5 Å². The number of likely N-dealkylation sites (tertiary alicyclic amines) is 1. The van der Waals surface area contributed by atoms with Crippen LogP contribution in [0.4, 0.5) is 0 Å². The number of hydrogen-bond donors (Lipinski definition) is 2. The summed E-state index contributed by atoms with van der Waals surface area (Å²) in [5, 5.41) is 18.4. The number of amides is 1. The molecule has 0 spiro atoms. The Bertz CT molecular complexity index is 604. The Morgan fingerprint density at radius 1 is 1.27 bits per heavy atom.